The van der Waals surface area contributed by atoms with Crippen LogP contribution in [0, 0.1) is 0 Å². The van der Waals surface area contributed by atoms with Gasteiger partial charge in [-0.05, 0) is 23.8 Å². The van der Waals surface area contributed by atoms with Crippen LogP contribution in [-0.4, -0.2) is 25.7 Å². The summed E-state index contributed by atoms with van der Waals surface area (Å²) in [6.45, 7) is 0. The molecule has 2 heterocycles. The third-order valence-electron chi connectivity index (χ3n) is 3.49. The predicted molar refractivity (Wildman–Crippen MR) is 78.4 cm³/mol. The van der Waals surface area contributed by atoms with Crippen molar-refractivity contribution in [1.82, 2.24) is 14.5 Å². The van der Waals surface area contributed by atoms with Crippen LogP contribution in [-0.2, 0) is 19.9 Å². The number of benzene rings is 1. The SMILES string of the molecule is Cn1c(CC(O)Cc2cccnc2)nc2ccccc21. The lowest BCUT2D eigenvalue weighted by Gasteiger charge is -2.10. The van der Waals surface area contributed by atoms with Crippen LogP contribution in [0.25, 0.3) is 11.0 Å². The van der Waals surface area contributed by atoms with Crippen molar-refractivity contribution < 1.29 is 5.11 Å². The summed E-state index contributed by atoms with van der Waals surface area (Å²) in [6, 6.07) is 11.9. The zero-order valence-corrected chi connectivity index (χ0v) is 11.4. The number of aromatic nitrogens is 3. The molecule has 0 saturated carbocycles. The second-order valence-corrected chi connectivity index (χ2v) is 5.00. The lowest BCUT2D eigenvalue weighted by atomic mass is 10.1. The van der Waals surface area contributed by atoms with Crippen molar-refractivity contribution in [3.05, 3.63) is 60.2 Å². The van der Waals surface area contributed by atoms with Gasteiger partial charge in [0.05, 0.1) is 17.1 Å². The third kappa shape index (κ3) is 2.56. The summed E-state index contributed by atoms with van der Waals surface area (Å²) in [5.74, 6) is 0.905. The molecule has 0 fully saturated rings. The zero-order valence-electron chi connectivity index (χ0n) is 11.4. The van der Waals surface area contributed by atoms with E-state index < -0.39 is 6.10 Å². The molecule has 102 valence electrons. The Morgan fingerprint density at radius 2 is 2.00 bits per heavy atom. The van der Waals surface area contributed by atoms with Crippen LogP contribution in [0.5, 0.6) is 0 Å². The standard InChI is InChI=1S/C16H17N3O/c1-19-15-7-3-2-6-14(15)18-16(19)10-13(20)9-12-5-4-8-17-11-12/h2-8,11,13,20H,9-10H2,1H3. The smallest absolute Gasteiger partial charge is 0.112 e. The number of aryl methyl sites for hydroxylation is 1. The molecule has 0 aliphatic rings. The summed E-state index contributed by atoms with van der Waals surface area (Å²) in [5, 5.41) is 10.2. The molecule has 3 rings (SSSR count). The molecule has 2 aromatic heterocycles. The molecular formula is C16H17N3O. The average Bonchev–Trinajstić information content (AvgIpc) is 2.77. The molecule has 1 N–H and O–H groups in total. The van der Waals surface area contributed by atoms with Crippen LogP contribution in [0.2, 0.25) is 0 Å². The average molecular weight is 267 g/mol. The topological polar surface area (TPSA) is 50.9 Å². The minimum Gasteiger partial charge on any atom is -0.392 e. The highest BCUT2D eigenvalue weighted by molar-refractivity contribution is 5.75. The number of imidazole rings is 1. The first kappa shape index (κ1) is 12.8. The highest BCUT2D eigenvalue weighted by atomic mass is 16.3. The second kappa shape index (κ2) is 5.43. The molecule has 0 bridgehead atoms. The molecule has 20 heavy (non-hydrogen) atoms. The Morgan fingerprint density at radius 1 is 1.15 bits per heavy atom. The molecule has 0 aliphatic heterocycles. The fraction of sp³-hybridized carbons (Fsp3) is 0.250. The Hall–Kier alpha value is -2.20. The van der Waals surface area contributed by atoms with Crippen molar-refractivity contribution in [2.24, 2.45) is 7.05 Å². The molecule has 4 heteroatoms. The maximum Gasteiger partial charge on any atom is 0.112 e. The fourth-order valence-corrected chi connectivity index (χ4v) is 2.45. The van der Waals surface area contributed by atoms with E-state index in [1.165, 1.54) is 0 Å². The largest absolute Gasteiger partial charge is 0.392 e. The molecule has 0 amide bonds. The predicted octanol–water partition coefficient (Wildman–Crippen LogP) is 2.11. The monoisotopic (exact) mass is 267 g/mol. The molecule has 0 aliphatic carbocycles. The number of hydrogen-bond donors (Lipinski definition) is 1. The first-order valence-electron chi connectivity index (χ1n) is 6.71. The minimum absolute atomic E-state index is 0.449. The van der Waals surface area contributed by atoms with E-state index in [0.717, 1.165) is 22.4 Å². The lowest BCUT2D eigenvalue weighted by Crippen LogP contribution is -2.16. The van der Waals surface area contributed by atoms with E-state index in [4.69, 9.17) is 0 Å². The highest BCUT2D eigenvalue weighted by Gasteiger charge is 2.13. The van der Waals surface area contributed by atoms with Gasteiger partial charge in [0.1, 0.15) is 5.82 Å². The van der Waals surface area contributed by atoms with Crippen molar-refractivity contribution in [3.8, 4) is 0 Å². The highest BCUT2D eigenvalue weighted by Crippen LogP contribution is 2.16. The Bertz CT molecular complexity index is 706. The Morgan fingerprint density at radius 3 is 2.75 bits per heavy atom. The van der Waals surface area contributed by atoms with Crippen LogP contribution in [0.15, 0.2) is 48.8 Å². The van der Waals surface area contributed by atoms with Gasteiger partial charge in [0.15, 0.2) is 0 Å². The van der Waals surface area contributed by atoms with Crippen molar-refractivity contribution in [2.75, 3.05) is 0 Å². The summed E-state index contributed by atoms with van der Waals surface area (Å²) >= 11 is 0. The Labute approximate surface area is 117 Å². The Balaban J connectivity index is 1.77. The van der Waals surface area contributed by atoms with Gasteiger partial charge in [-0.15, -0.1) is 0 Å². The van der Waals surface area contributed by atoms with Gasteiger partial charge in [0.2, 0.25) is 0 Å². The van der Waals surface area contributed by atoms with Crippen molar-refractivity contribution in [2.45, 2.75) is 18.9 Å². The maximum absolute atomic E-state index is 10.2. The Kier molecular flexibility index (Phi) is 3.48. The summed E-state index contributed by atoms with van der Waals surface area (Å²) < 4.78 is 2.04. The number of aliphatic hydroxyl groups excluding tert-OH is 1. The molecule has 1 unspecified atom stereocenters. The van der Waals surface area contributed by atoms with Crippen molar-refractivity contribution in [1.29, 1.82) is 0 Å². The quantitative estimate of drug-likeness (QED) is 0.787. The number of aliphatic hydroxyl groups is 1. The first-order valence-corrected chi connectivity index (χ1v) is 6.71. The van der Waals surface area contributed by atoms with Crippen LogP contribution >= 0.6 is 0 Å². The van der Waals surface area contributed by atoms with Gasteiger partial charge >= 0.3 is 0 Å². The molecule has 0 spiro atoms. The van der Waals surface area contributed by atoms with Crippen LogP contribution < -0.4 is 0 Å². The molecule has 1 atom stereocenters. The summed E-state index contributed by atoms with van der Waals surface area (Å²) in [6.07, 6.45) is 4.21. The summed E-state index contributed by atoms with van der Waals surface area (Å²) in [7, 11) is 1.99. The number of fused-ring (bicyclic) bond motifs is 1. The molecular weight excluding hydrogens is 250 g/mol. The van der Waals surface area contributed by atoms with Crippen molar-refractivity contribution >= 4 is 11.0 Å². The van der Waals surface area contributed by atoms with Crippen LogP contribution in [0.1, 0.15) is 11.4 Å². The molecule has 1 aromatic carbocycles. The van der Waals surface area contributed by atoms with E-state index in [-0.39, 0.29) is 0 Å². The number of hydrogen-bond acceptors (Lipinski definition) is 3. The van der Waals surface area contributed by atoms with E-state index in [2.05, 4.69) is 9.97 Å². The molecule has 3 aromatic rings. The van der Waals surface area contributed by atoms with Gasteiger partial charge in [-0.1, -0.05) is 18.2 Å². The second-order valence-electron chi connectivity index (χ2n) is 5.00. The molecule has 4 nitrogen and oxygen atoms in total. The number of rotatable bonds is 4. The van der Waals surface area contributed by atoms with E-state index in [9.17, 15) is 5.11 Å². The van der Waals surface area contributed by atoms with Gasteiger partial charge in [-0.25, -0.2) is 4.98 Å². The van der Waals surface area contributed by atoms with Gasteiger partial charge in [0.25, 0.3) is 0 Å². The summed E-state index contributed by atoms with van der Waals surface area (Å²) in [5.41, 5.74) is 3.11. The first-order chi connectivity index (χ1) is 9.74. The third-order valence-corrected chi connectivity index (χ3v) is 3.49. The normalized spacial score (nSPS) is 12.7. The fourth-order valence-electron chi connectivity index (χ4n) is 2.45. The number of para-hydroxylation sites is 2. The molecule has 0 radical (unpaired) electrons. The van der Waals surface area contributed by atoms with Gasteiger partial charge < -0.3 is 9.67 Å². The van der Waals surface area contributed by atoms with E-state index >= 15 is 0 Å². The van der Waals surface area contributed by atoms with Crippen molar-refractivity contribution in [3.63, 3.8) is 0 Å². The van der Waals surface area contributed by atoms with E-state index in [1.807, 2.05) is 48.0 Å². The van der Waals surface area contributed by atoms with E-state index in [1.54, 1.807) is 12.4 Å². The summed E-state index contributed by atoms with van der Waals surface area (Å²) in [4.78, 5) is 8.65. The van der Waals surface area contributed by atoms with Crippen LogP contribution in [0.3, 0.4) is 0 Å². The molecule has 0 saturated heterocycles. The maximum atomic E-state index is 10.2. The number of pyridine rings is 1. The van der Waals surface area contributed by atoms with E-state index in [0.29, 0.717) is 12.8 Å². The lowest BCUT2D eigenvalue weighted by molar-refractivity contribution is 0.172. The van der Waals surface area contributed by atoms with Gasteiger partial charge in [-0.3, -0.25) is 4.98 Å². The number of nitrogens with zero attached hydrogens (tertiary/aromatic N) is 3. The van der Waals surface area contributed by atoms with Crippen LogP contribution in [0.4, 0.5) is 0 Å². The van der Waals surface area contributed by atoms with Gasteiger partial charge in [-0.2, -0.15) is 0 Å². The van der Waals surface area contributed by atoms with Gasteiger partial charge in [0, 0.05) is 32.3 Å². The zero-order chi connectivity index (χ0) is 13.9. The minimum atomic E-state index is -0.449.